The molecule has 0 spiro atoms. The fourth-order valence-electron chi connectivity index (χ4n) is 4.08. The van der Waals surface area contributed by atoms with Crippen LogP contribution in [0, 0.1) is 17.8 Å². The zero-order chi connectivity index (χ0) is 11.1. The second-order valence-corrected chi connectivity index (χ2v) is 7.18. The van der Waals surface area contributed by atoms with E-state index in [9.17, 15) is 0 Å². The molecule has 5 unspecified atom stereocenters. The molecule has 2 nitrogen and oxygen atoms in total. The molecule has 2 N–H and O–H groups in total. The summed E-state index contributed by atoms with van der Waals surface area (Å²) in [6, 6.07) is 1.34. The lowest BCUT2D eigenvalue weighted by atomic mass is 9.84. The first-order valence-electron chi connectivity index (χ1n) is 6.79. The minimum absolute atomic E-state index is 0.509. The number of rotatable bonds is 3. The highest BCUT2D eigenvalue weighted by molar-refractivity contribution is 7.99. The summed E-state index contributed by atoms with van der Waals surface area (Å²) >= 11 is 2.11. The van der Waals surface area contributed by atoms with Crippen LogP contribution in [-0.2, 0) is 0 Å². The zero-order valence-corrected chi connectivity index (χ0v) is 11.1. The van der Waals surface area contributed by atoms with Crippen LogP contribution < -0.4 is 5.73 Å². The van der Waals surface area contributed by atoms with Gasteiger partial charge in [-0.2, -0.15) is 11.8 Å². The van der Waals surface area contributed by atoms with Crippen LogP contribution in [0.5, 0.6) is 0 Å². The molecule has 5 atom stereocenters. The third-order valence-electron chi connectivity index (χ3n) is 5.19. The Morgan fingerprint density at radius 3 is 2.69 bits per heavy atom. The molecule has 16 heavy (non-hydrogen) atoms. The Labute approximate surface area is 103 Å². The summed E-state index contributed by atoms with van der Waals surface area (Å²) in [5.74, 6) is 5.32. The number of hydrogen-bond donors (Lipinski definition) is 1. The van der Waals surface area contributed by atoms with Gasteiger partial charge in [-0.25, -0.2) is 0 Å². The largest absolute Gasteiger partial charge is 0.327 e. The van der Waals surface area contributed by atoms with Gasteiger partial charge in [-0.15, -0.1) is 0 Å². The zero-order valence-electron chi connectivity index (χ0n) is 10.3. The van der Waals surface area contributed by atoms with Crippen LogP contribution in [0.1, 0.15) is 25.7 Å². The average molecular weight is 240 g/mol. The molecule has 0 aromatic heterocycles. The van der Waals surface area contributed by atoms with Crippen molar-refractivity contribution in [3.05, 3.63) is 0 Å². The SMILES string of the molecule is CN(CC1C2CCC(C2)C1N)C1CCSC1. The molecule has 3 heteroatoms. The first-order chi connectivity index (χ1) is 7.75. The van der Waals surface area contributed by atoms with Gasteiger partial charge in [0.1, 0.15) is 0 Å². The van der Waals surface area contributed by atoms with Crippen molar-refractivity contribution in [2.24, 2.45) is 23.5 Å². The number of hydrogen-bond acceptors (Lipinski definition) is 3. The van der Waals surface area contributed by atoms with E-state index in [1.165, 1.54) is 43.7 Å². The van der Waals surface area contributed by atoms with Gasteiger partial charge in [-0.1, -0.05) is 0 Å². The summed E-state index contributed by atoms with van der Waals surface area (Å²) < 4.78 is 0. The van der Waals surface area contributed by atoms with Crippen LogP contribution in [0.3, 0.4) is 0 Å². The molecular weight excluding hydrogens is 216 g/mol. The van der Waals surface area contributed by atoms with Gasteiger partial charge in [0, 0.05) is 24.4 Å². The molecule has 3 fully saturated rings. The van der Waals surface area contributed by atoms with Gasteiger partial charge < -0.3 is 10.6 Å². The highest BCUT2D eigenvalue weighted by Crippen LogP contribution is 2.47. The van der Waals surface area contributed by atoms with Crippen molar-refractivity contribution in [1.29, 1.82) is 0 Å². The van der Waals surface area contributed by atoms with Crippen molar-refractivity contribution in [2.75, 3.05) is 25.1 Å². The van der Waals surface area contributed by atoms with Crippen LogP contribution in [0.2, 0.25) is 0 Å². The van der Waals surface area contributed by atoms with E-state index in [0.29, 0.717) is 6.04 Å². The first kappa shape index (κ1) is 11.4. The number of fused-ring (bicyclic) bond motifs is 2. The van der Waals surface area contributed by atoms with Crippen LogP contribution in [0.4, 0.5) is 0 Å². The van der Waals surface area contributed by atoms with Crippen molar-refractivity contribution in [1.82, 2.24) is 4.90 Å². The van der Waals surface area contributed by atoms with Crippen molar-refractivity contribution in [2.45, 2.75) is 37.8 Å². The smallest absolute Gasteiger partial charge is 0.0191 e. The second-order valence-electron chi connectivity index (χ2n) is 6.03. The molecule has 2 saturated carbocycles. The number of nitrogens with two attached hydrogens (primary N) is 1. The summed E-state index contributed by atoms with van der Waals surface area (Å²) in [6.45, 7) is 1.26. The maximum Gasteiger partial charge on any atom is 0.0191 e. The molecule has 2 bridgehead atoms. The molecule has 1 aliphatic heterocycles. The highest BCUT2D eigenvalue weighted by atomic mass is 32.2. The molecule has 1 saturated heterocycles. The van der Waals surface area contributed by atoms with Gasteiger partial charge in [-0.05, 0) is 56.2 Å². The third kappa shape index (κ3) is 1.91. The number of thioether (sulfide) groups is 1. The highest BCUT2D eigenvalue weighted by Gasteiger charge is 2.46. The molecule has 1 heterocycles. The Morgan fingerprint density at radius 1 is 1.25 bits per heavy atom. The van der Waals surface area contributed by atoms with E-state index >= 15 is 0 Å². The third-order valence-corrected chi connectivity index (χ3v) is 6.33. The van der Waals surface area contributed by atoms with Crippen LogP contribution in [0.15, 0.2) is 0 Å². The van der Waals surface area contributed by atoms with Gasteiger partial charge >= 0.3 is 0 Å². The van der Waals surface area contributed by atoms with Crippen molar-refractivity contribution in [3.63, 3.8) is 0 Å². The Hall–Kier alpha value is 0.270. The predicted octanol–water partition coefficient (Wildman–Crippen LogP) is 1.80. The Morgan fingerprint density at radius 2 is 2.06 bits per heavy atom. The fourth-order valence-corrected chi connectivity index (χ4v) is 5.38. The van der Waals surface area contributed by atoms with Gasteiger partial charge in [0.05, 0.1) is 0 Å². The van der Waals surface area contributed by atoms with Crippen LogP contribution >= 0.6 is 11.8 Å². The standard InChI is InChI=1S/C13H24N2S/c1-15(11-4-5-16-8-11)7-12-9-2-3-10(6-9)13(12)14/h9-13H,2-8,14H2,1H3. The molecule has 92 valence electrons. The Balaban J connectivity index is 1.57. The van der Waals surface area contributed by atoms with Gasteiger partial charge in [-0.3, -0.25) is 0 Å². The van der Waals surface area contributed by atoms with E-state index in [1.807, 2.05) is 0 Å². The molecule has 0 aromatic carbocycles. The lowest BCUT2D eigenvalue weighted by Crippen LogP contribution is -2.44. The topological polar surface area (TPSA) is 29.3 Å². The molecule has 0 aromatic rings. The minimum Gasteiger partial charge on any atom is -0.327 e. The fraction of sp³-hybridized carbons (Fsp3) is 1.00. The molecule has 0 radical (unpaired) electrons. The van der Waals surface area contributed by atoms with Gasteiger partial charge in [0.25, 0.3) is 0 Å². The van der Waals surface area contributed by atoms with Crippen LogP contribution in [-0.4, -0.2) is 42.1 Å². The maximum atomic E-state index is 6.38. The molecule has 3 rings (SSSR count). The Kier molecular flexibility index (Phi) is 3.20. The predicted molar refractivity (Wildman–Crippen MR) is 70.7 cm³/mol. The summed E-state index contributed by atoms with van der Waals surface area (Å²) in [5, 5.41) is 0. The molecular formula is C13H24N2S. The molecule has 3 aliphatic rings. The van der Waals surface area contributed by atoms with E-state index in [-0.39, 0.29) is 0 Å². The van der Waals surface area contributed by atoms with Crippen molar-refractivity contribution >= 4 is 11.8 Å². The summed E-state index contributed by atoms with van der Waals surface area (Å²) in [4.78, 5) is 2.60. The summed E-state index contributed by atoms with van der Waals surface area (Å²) in [6.07, 6.45) is 5.68. The van der Waals surface area contributed by atoms with E-state index in [4.69, 9.17) is 5.73 Å². The molecule has 0 amide bonds. The van der Waals surface area contributed by atoms with Gasteiger partial charge in [0.15, 0.2) is 0 Å². The minimum atomic E-state index is 0.509. The monoisotopic (exact) mass is 240 g/mol. The lowest BCUT2D eigenvalue weighted by Gasteiger charge is -2.34. The van der Waals surface area contributed by atoms with Crippen LogP contribution in [0.25, 0.3) is 0 Å². The Bertz CT molecular complexity index is 250. The first-order valence-corrected chi connectivity index (χ1v) is 7.94. The van der Waals surface area contributed by atoms with E-state index < -0.39 is 0 Å². The second kappa shape index (κ2) is 4.51. The molecule has 2 aliphatic carbocycles. The van der Waals surface area contributed by atoms with Crippen molar-refractivity contribution < 1.29 is 0 Å². The summed E-state index contributed by atoms with van der Waals surface area (Å²) in [5.41, 5.74) is 6.38. The van der Waals surface area contributed by atoms with E-state index in [2.05, 4.69) is 23.7 Å². The normalized spacial score (nSPS) is 47.1. The number of nitrogens with zero attached hydrogens (tertiary/aromatic N) is 1. The quantitative estimate of drug-likeness (QED) is 0.815. The lowest BCUT2D eigenvalue weighted by molar-refractivity contribution is 0.169. The maximum absolute atomic E-state index is 6.38. The average Bonchev–Trinajstić information content (AvgIpc) is 2.96. The van der Waals surface area contributed by atoms with E-state index in [0.717, 1.165) is 23.8 Å². The van der Waals surface area contributed by atoms with Gasteiger partial charge in [0.2, 0.25) is 0 Å². The summed E-state index contributed by atoms with van der Waals surface area (Å²) in [7, 11) is 2.31. The van der Waals surface area contributed by atoms with Crippen molar-refractivity contribution in [3.8, 4) is 0 Å². The van der Waals surface area contributed by atoms with E-state index in [1.54, 1.807) is 0 Å².